The highest BCUT2D eigenvalue weighted by atomic mass is 16.6. The second kappa shape index (κ2) is 8.42. The first-order valence-electron chi connectivity index (χ1n) is 11.4. The van der Waals surface area contributed by atoms with Crippen LogP contribution in [0.4, 0.5) is 11.4 Å². The summed E-state index contributed by atoms with van der Waals surface area (Å²) in [6, 6.07) is 6.39. The SMILES string of the molecule is CCN(CC)c1ccc2c(c1)CCN1c3cnn(C4CCCCO4)c(=O)c3OCC1O2. The number of rotatable bonds is 4. The van der Waals surface area contributed by atoms with Gasteiger partial charge in [0.25, 0.3) is 0 Å². The second-order valence-electron chi connectivity index (χ2n) is 8.22. The van der Waals surface area contributed by atoms with Crippen molar-refractivity contribution in [2.45, 2.75) is 52.0 Å². The van der Waals surface area contributed by atoms with Gasteiger partial charge < -0.3 is 24.0 Å². The van der Waals surface area contributed by atoms with Gasteiger partial charge in [0, 0.05) is 31.9 Å². The van der Waals surface area contributed by atoms with E-state index in [2.05, 4.69) is 46.9 Å². The summed E-state index contributed by atoms with van der Waals surface area (Å²) in [5, 5.41) is 4.44. The molecule has 1 fully saturated rings. The molecule has 4 heterocycles. The molecule has 5 rings (SSSR count). The minimum atomic E-state index is -0.309. The molecule has 31 heavy (non-hydrogen) atoms. The Kier molecular flexibility index (Phi) is 5.48. The minimum Gasteiger partial charge on any atom is -0.480 e. The Hall–Kier alpha value is -2.74. The maximum absolute atomic E-state index is 13.1. The smallest absolute Gasteiger partial charge is 0.313 e. The number of benzene rings is 1. The lowest BCUT2D eigenvalue weighted by atomic mass is 10.1. The Balaban J connectivity index is 1.43. The van der Waals surface area contributed by atoms with E-state index in [0.717, 1.165) is 51.1 Å². The van der Waals surface area contributed by atoms with Crippen molar-refractivity contribution in [2.24, 2.45) is 0 Å². The molecule has 1 aromatic heterocycles. The molecule has 0 N–H and O–H groups in total. The van der Waals surface area contributed by atoms with E-state index in [9.17, 15) is 4.79 Å². The lowest BCUT2D eigenvalue weighted by molar-refractivity contribution is -0.0432. The zero-order chi connectivity index (χ0) is 21.4. The van der Waals surface area contributed by atoms with Crippen LogP contribution in [0.2, 0.25) is 0 Å². The number of anilines is 2. The Morgan fingerprint density at radius 1 is 1.19 bits per heavy atom. The molecule has 3 aliphatic heterocycles. The van der Waals surface area contributed by atoms with Crippen molar-refractivity contribution in [1.82, 2.24) is 9.78 Å². The van der Waals surface area contributed by atoms with Crippen LogP contribution in [-0.2, 0) is 11.2 Å². The summed E-state index contributed by atoms with van der Waals surface area (Å²) in [4.78, 5) is 17.5. The van der Waals surface area contributed by atoms with Crippen LogP contribution in [0.3, 0.4) is 0 Å². The highest BCUT2D eigenvalue weighted by Gasteiger charge is 2.35. The first-order chi connectivity index (χ1) is 15.2. The molecule has 3 aliphatic rings. The van der Waals surface area contributed by atoms with Crippen LogP contribution in [0.25, 0.3) is 0 Å². The molecule has 166 valence electrons. The van der Waals surface area contributed by atoms with Crippen molar-refractivity contribution < 1.29 is 14.2 Å². The predicted octanol–water partition coefficient (Wildman–Crippen LogP) is 2.95. The number of nitrogens with zero attached hydrogens (tertiary/aromatic N) is 4. The third kappa shape index (κ3) is 3.63. The molecule has 0 radical (unpaired) electrons. The summed E-state index contributed by atoms with van der Waals surface area (Å²) >= 11 is 0. The quantitative estimate of drug-likeness (QED) is 0.745. The molecule has 2 atom stereocenters. The lowest BCUT2D eigenvalue weighted by Gasteiger charge is -2.36. The van der Waals surface area contributed by atoms with Gasteiger partial charge in [0.15, 0.2) is 6.23 Å². The number of fused-ring (bicyclic) bond motifs is 4. The third-order valence-electron chi connectivity index (χ3n) is 6.45. The van der Waals surface area contributed by atoms with Gasteiger partial charge in [-0.2, -0.15) is 9.78 Å². The number of ether oxygens (including phenoxy) is 3. The van der Waals surface area contributed by atoms with E-state index < -0.39 is 0 Å². The molecule has 0 spiro atoms. The van der Waals surface area contributed by atoms with Crippen LogP contribution in [-0.4, -0.2) is 48.9 Å². The number of hydrogen-bond donors (Lipinski definition) is 0. The van der Waals surface area contributed by atoms with Gasteiger partial charge >= 0.3 is 5.56 Å². The predicted molar refractivity (Wildman–Crippen MR) is 118 cm³/mol. The van der Waals surface area contributed by atoms with Crippen molar-refractivity contribution in [3.8, 4) is 11.5 Å². The fourth-order valence-corrected chi connectivity index (χ4v) is 4.71. The van der Waals surface area contributed by atoms with Gasteiger partial charge in [0.05, 0.1) is 6.20 Å². The lowest BCUT2D eigenvalue weighted by Crippen LogP contribution is -2.48. The van der Waals surface area contributed by atoms with E-state index in [1.165, 1.54) is 15.9 Å². The molecule has 2 aromatic rings. The van der Waals surface area contributed by atoms with E-state index in [1.54, 1.807) is 6.20 Å². The zero-order valence-electron chi connectivity index (χ0n) is 18.2. The van der Waals surface area contributed by atoms with Crippen molar-refractivity contribution in [3.63, 3.8) is 0 Å². The standard InChI is InChI=1S/C23H30N4O4/c1-3-25(4-2)17-8-9-19-16(13-17)10-11-26-18-14-24-27(20-7-5-6-12-29-20)23(28)22(18)30-15-21(26)31-19/h8-9,13-14,20-21H,3-7,10-12,15H2,1-2H3. The summed E-state index contributed by atoms with van der Waals surface area (Å²) in [7, 11) is 0. The molecule has 0 bridgehead atoms. The molecular formula is C23H30N4O4. The molecule has 0 aliphatic carbocycles. The molecule has 8 heteroatoms. The number of aromatic nitrogens is 2. The van der Waals surface area contributed by atoms with E-state index >= 15 is 0 Å². The Morgan fingerprint density at radius 3 is 2.84 bits per heavy atom. The summed E-state index contributed by atoms with van der Waals surface area (Å²) in [6.07, 6.45) is 4.82. The van der Waals surface area contributed by atoms with Crippen molar-refractivity contribution >= 4 is 11.4 Å². The van der Waals surface area contributed by atoms with Crippen molar-refractivity contribution in [3.05, 3.63) is 40.3 Å². The Bertz CT molecular complexity index is 998. The highest BCUT2D eigenvalue weighted by molar-refractivity contribution is 5.60. The second-order valence-corrected chi connectivity index (χ2v) is 8.22. The Morgan fingerprint density at radius 2 is 2.06 bits per heavy atom. The molecule has 1 saturated heterocycles. The van der Waals surface area contributed by atoms with E-state index in [4.69, 9.17) is 14.2 Å². The summed E-state index contributed by atoms with van der Waals surface area (Å²) in [6.45, 7) is 7.96. The Labute approximate surface area is 182 Å². The minimum absolute atomic E-state index is 0.228. The topological polar surface area (TPSA) is 69.1 Å². The molecule has 0 saturated carbocycles. The number of hydrogen-bond acceptors (Lipinski definition) is 7. The third-order valence-corrected chi connectivity index (χ3v) is 6.45. The summed E-state index contributed by atoms with van der Waals surface area (Å²) in [5.74, 6) is 1.23. The molecule has 1 aromatic carbocycles. The van der Waals surface area contributed by atoms with Crippen LogP contribution >= 0.6 is 0 Å². The van der Waals surface area contributed by atoms with Crippen LogP contribution in [0, 0.1) is 0 Å². The van der Waals surface area contributed by atoms with Crippen LogP contribution in [0.15, 0.2) is 29.2 Å². The van der Waals surface area contributed by atoms with E-state index in [-0.39, 0.29) is 18.0 Å². The maximum atomic E-state index is 13.1. The largest absolute Gasteiger partial charge is 0.480 e. The maximum Gasteiger partial charge on any atom is 0.313 e. The average Bonchev–Trinajstić information content (AvgIpc) is 3.00. The highest BCUT2D eigenvalue weighted by Crippen LogP contribution is 2.36. The van der Waals surface area contributed by atoms with E-state index in [0.29, 0.717) is 24.7 Å². The van der Waals surface area contributed by atoms with Gasteiger partial charge in [0.1, 0.15) is 18.0 Å². The van der Waals surface area contributed by atoms with Crippen LogP contribution in [0.5, 0.6) is 11.5 Å². The molecule has 8 nitrogen and oxygen atoms in total. The van der Waals surface area contributed by atoms with Gasteiger partial charge in [-0.3, -0.25) is 4.79 Å². The van der Waals surface area contributed by atoms with Gasteiger partial charge in [-0.1, -0.05) is 0 Å². The van der Waals surface area contributed by atoms with Gasteiger partial charge in [-0.25, -0.2) is 0 Å². The van der Waals surface area contributed by atoms with Gasteiger partial charge in [-0.05, 0) is 63.3 Å². The fraction of sp³-hybridized carbons (Fsp3) is 0.565. The molecule has 2 unspecified atom stereocenters. The van der Waals surface area contributed by atoms with Gasteiger partial charge in [0.2, 0.25) is 12.0 Å². The fourth-order valence-electron chi connectivity index (χ4n) is 4.71. The summed E-state index contributed by atoms with van der Waals surface area (Å²) < 4.78 is 19.4. The zero-order valence-corrected chi connectivity index (χ0v) is 18.2. The van der Waals surface area contributed by atoms with Gasteiger partial charge in [-0.15, -0.1) is 0 Å². The summed E-state index contributed by atoms with van der Waals surface area (Å²) in [5.41, 5.74) is 2.86. The average molecular weight is 427 g/mol. The van der Waals surface area contributed by atoms with Crippen molar-refractivity contribution in [2.75, 3.05) is 42.6 Å². The van der Waals surface area contributed by atoms with Crippen molar-refractivity contribution in [1.29, 1.82) is 0 Å². The molecule has 0 amide bonds. The molecular weight excluding hydrogens is 396 g/mol. The van der Waals surface area contributed by atoms with Crippen LogP contribution in [0.1, 0.15) is 44.9 Å². The monoisotopic (exact) mass is 426 g/mol. The first-order valence-corrected chi connectivity index (χ1v) is 11.4. The van der Waals surface area contributed by atoms with Crippen LogP contribution < -0.4 is 24.8 Å². The first kappa shape index (κ1) is 20.2. The van der Waals surface area contributed by atoms with E-state index in [1.807, 2.05) is 0 Å². The normalized spacial score (nSPS) is 22.3.